The van der Waals surface area contributed by atoms with Gasteiger partial charge in [0.15, 0.2) is 5.75 Å². The Morgan fingerprint density at radius 2 is 1.53 bits per heavy atom. The third-order valence-corrected chi connectivity index (χ3v) is 9.57. The van der Waals surface area contributed by atoms with Gasteiger partial charge < -0.3 is 19.1 Å². The van der Waals surface area contributed by atoms with Crippen LogP contribution >= 0.6 is 11.6 Å². The highest BCUT2D eigenvalue weighted by atomic mass is 35.5. The van der Waals surface area contributed by atoms with E-state index in [1.807, 2.05) is 61.5 Å². The molecule has 6 rings (SSSR count). The number of benzene rings is 4. The van der Waals surface area contributed by atoms with Crippen molar-refractivity contribution in [1.82, 2.24) is 14.8 Å². The Morgan fingerprint density at radius 1 is 0.830 bits per heavy atom. The summed E-state index contributed by atoms with van der Waals surface area (Å²) in [5.74, 6) is 1.99. The van der Waals surface area contributed by atoms with Gasteiger partial charge >= 0.3 is 0 Å². The summed E-state index contributed by atoms with van der Waals surface area (Å²) >= 11 is 6.77. The van der Waals surface area contributed by atoms with Crippen LogP contribution in [0.3, 0.4) is 0 Å². The number of nitrogens with zero attached hydrogens (tertiary/aromatic N) is 3. The number of pyridine rings is 1. The third kappa shape index (κ3) is 10.2. The Kier molecular flexibility index (Phi) is 12.8. The van der Waals surface area contributed by atoms with E-state index in [0.717, 1.165) is 65.9 Å². The lowest BCUT2D eigenvalue weighted by molar-refractivity contribution is -0.104. The average Bonchev–Trinajstić information content (AvgIpc) is 3.16. The van der Waals surface area contributed by atoms with Crippen molar-refractivity contribution in [2.75, 3.05) is 26.2 Å². The molecule has 1 saturated heterocycles. The van der Waals surface area contributed by atoms with E-state index in [0.29, 0.717) is 54.2 Å². The SMILES string of the molecule is CCCc1ccc(OCc2ccc(CN3CCN(/C(=C/C=O)c4cc(C)c(Oc5ccc(OCc6ccc(C)cc6)cn5)c(Cl)c4)CC3)cc2F)cc1. The molecule has 2 heterocycles. The molecule has 0 unspecified atom stereocenters. The molecule has 1 aromatic heterocycles. The monoisotopic (exact) mass is 733 g/mol. The summed E-state index contributed by atoms with van der Waals surface area (Å²) in [6.45, 7) is 10.3. The fraction of sp³-hybridized carbons (Fsp3) is 0.273. The van der Waals surface area contributed by atoms with E-state index in [1.54, 1.807) is 24.4 Å². The van der Waals surface area contributed by atoms with Gasteiger partial charge in [0.2, 0.25) is 5.88 Å². The summed E-state index contributed by atoms with van der Waals surface area (Å²) in [5.41, 5.74) is 7.41. The van der Waals surface area contributed by atoms with Crippen LogP contribution in [0, 0.1) is 19.7 Å². The summed E-state index contributed by atoms with van der Waals surface area (Å²) in [4.78, 5) is 20.7. The molecule has 0 amide bonds. The maximum atomic E-state index is 15.1. The number of carbonyl (C=O) groups excluding carboxylic acids is 1. The van der Waals surface area contributed by atoms with Gasteiger partial charge in [0.05, 0.1) is 11.2 Å². The molecule has 0 spiro atoms. The van der Waals surface area contributed by atoms with Crippen LogP contribution in [0.5, 0.6) is 23.1 Å². The number of aryl methyl sites for hydroxylation is 3. The molecule has 0 atom stereocenters. The number of halogens is 2. The van der Waals surface area contributed by atoms with E-state index in [9.17, 15) is 4.79 Å². The fourth-order valence-corrected chi connectivity index (χ4v) is 6.64. The van der Waals surface area contributed by atoms with Crippen molar-refractivity contribution in [3.8, 4) is 23.1 Å². The highest BCUT2D eigenvalue weighted by molar-refractivity contribution is 6.32. The number of piperazine rings is 1. The highest BCUT2D eigenvalue weighted by Gasteiger charge is 2.22. The normalized spacial score (nSPS) is 13.5. The van der Waals surface area contributed by atoms with Crippen LogP contribution in [0.25, 0.3) is 5.70 Å². The lowest BCUT2D eigenvalue weighted by atomic mass is 10.1. The summed E-state index contributed by atoms with van der Waals surface area (Å²) in [5, 5.41) is 0.415. The molecule has 1 aliphatic heterocycles. The zero-order chi connectivity index (χ0) is 37.2. The number of ether oxygens (including phenoxy) is 3. The van der Waals surface area contributed by atoms with Gasteiger partial charge in [-0.2, -0.15) is 0 Å². The molecule has 0 radical (unpaired) electrons. The lowest BCUT2D eigenvalue weighted by Crippen LogP contribution is -2.45. The minimum atomic E-state index is -0.268. The zero-order valence-electron chi connectivity index (χ0n) is 30.5. The molecule has 0 saturated carbocycles. The van der Waals surface area contributed by atoms with Gasteiger partial charge in [-0.15, -0.1) is 0 Å². The van der Waals surface area contributed by atoms with E-state index >= 15 is 4.39 Å². The van der Waals surface area contributed by atoms with Crippen LogP contribution in [-0.2, 0) is 31.0 Å². The number of hydrogen-bond acceptors (Lipinski definition) is 7. The van der Waals surface area contributed by atoms with Crippen LogP contribution in [-0.4, -0.2) is 47.2 Å². The van der Waals surface area contributed by atoms with Crippen LogP contribution in [0.1, 0.15) is 52.3 Å². The largest absolute Gasteiger partial charge is 0.489 e. The first-order valence-corrected chi connectivity index (χ1v) is 18.4. The van der Waals surface area contributed by atoms with Crippen molar-refractivity contribution in [2.24, 2.45) is 0 Å². The number of hydrogen-bond donors (Lipinski definition) is 0. The topological polar surface area (TPSA) is 64.1 Å². The van der Waals surface area contributed by atoms with Crippen molar-refractivity contribution in [3.63, 3.8) is 0 Å². The summed E-state index contributed by atoms with van der Waals surface area (Å²) in [6.07, 6.45) is 6.13. The Morgan fingerprint density at radius 3 is 2.19 bits per heavy atom. The number of aromatic nitrogens is 1. The van der Waals surface area contributed by atoms with Crippen molar-refractivity contribution >= 4 is 23.6 Å². The minimum absolute atomic E-state index is 0.176. The zero-order valence-corrected chi connectivity index (χ0v) is 31.2. The standard InChI is InChI=1S/C44H45ClFN3O4/c1-4-5-33-11-14-38(15-12-33)52-30-36-13-10-35(25-41(36)46)28-48-19-21-49(22-20-48)42(18-23-50)37-24-32(3)44(40(45)26-37)53-43-17-16-39(27-47-43)51-29-34-8-6-31(2)7-9-34/h6-18,23-27H,4-5,19-22,28-30H2,1-3H3/b42-18+. The second-order valence-electron chi connectivity index (χ2n) is 13.4. The van der Waals surface area contributed by atoms with E-state index in [2.05, 4.69) is 52.9 Å². The van der Waals surface area contributed by atoms with Gasteiger partial charge in [-0.05, 0) is 84.5 Å². The summed E-state index contributed by atoms with van der Waals surface area (Å²) in [6, 6.07) is 28.9. The molecular formula is C44H45ClFN3O4. The predicted molar refractivity (Wildman–Crippen MR) is 208 cm³/mol. The second-order valence-corrected chi connectivity index (χ2v) is 13.8. The van der Waals surface area contributed by atoms with Gasteiger partial charge in [0.1, 0.15) is 36.8 Å². The van der Waals surface area contributed by atoms with Gasteiger partial charge in [-0.25, -0.2) is 9.37 Å². The van der Waals surface area contributed by atoms with Crippen molar-refractivity contribution in [1.29, 1.82) is 0 Å². The van der Waals surface area contributed by atoms with E-state index < -0.39 is 0 Å². The number of aldehydes is 1. The molecule has 1 aliphatic rings. The van der Waals surface area contributed by atoms with E-state index in [1.165, 1.54) is 11.1 Å². The lowest BCUT2D eigenvalue weighted by Gasteiger charge is -2.37. The Labute approximate surface area is 316 Å². The van der Waals surface area contributed by atoms with Crippen molar-refractivity contribution < 1.29 is 23.4 Å². The van der Waals surface area contributed by atoms with Crippen LogP contribution in [0.15, 0.2) is 103 Å². The molecule has 0 N–H and O–H groups in total. The van der Waals surface area contributed by atoms with Gasteiger partial charge in [-0.3, -0.25) is 9.69 Å². The fourth-order valence-electron chi connectivity index (χ4n) is 6.34. The maximum absolute atomic E-state index is 15.1. The first-order valence-electron chi connectivity index (χ1n) is 18.0. The number of rotatable bonds is 15. The minimum Gasteiger partial charge on any atom is -0.489 e. The van der Waals surface area contributed by atoms with E-state index in [-0.39, 0.29) is 12.4 Å². The molecule has 4 aromatic carbocycles. The highest BCUT2D eigenvalue weighted by Crippen LogP contribution is 2.36. The molecule has 7 nitrogen and oxygen atoms in total. The maximum Gasteiger partial charge on any atom is 0.219 e. The van der Waals surface area contributed by atoms with Gasteiger partial charge in [-0.1, -0.05) is 79.0 Å². The predicted octanol–water partition coefficient (Wildman–Crippen LogP) is 9.75. The molecule has 0 bridgehead atoms. The molecule has 1 fully saturated rings. The van der Waals surface area contributed by atoms with Crippen molar-refractivity contribution in [3.05, 3.63) is 153 Å². The molecule has 274 valence electrons. The molecule has 9 heteroatoms. The first-order chi connectivity index (χ1) is 25.8. The summed E-state index contributed by atoms with van der Waals surface area (Å²) in [7, 11) is 0. The van der Waals surface area contributed by atoms with Gasteiger partial charge in [0, 0.05) is 56.1 Å². The smallest absolute Gasteiger partial charge is 0.219 e. The van der Waals surface area contributed by atoms with Crippen molar-refractivity contribution in [2.45, 2.75) is 53.4 Å². The van der Waals surface area contributed by atoms with Crippen LogP contribution in [0.4, 0.5) is 4.39 Å². The van der Waals surface area contributed by atoms with Crippen LogP contribution in [0.2, 0.25) is 5.02 Å². The quantitative estimate of drug-likeness (QED) is 0.0784. The third-order valence-electron chi connectivity index (χ3n) is 9.29. The van der Waals surface area contributed by atoms with Gasteiger partial charge in [0.25, 0.3) is 0 Å². The Balaban J connectivity index is 1.02. The number of carbonyl (C=O) groups is 1. The average molecular weight is 734 g/mol. The first kappa shape index (κ1) is 37.6. The van der Waals surface area contributed by atoms with Crippen LogP contribution < -0.4 is 14.2 Å². The van der Waals surface area contributed by atoms with E-state index in [4.69, 9.17) is 25.8 Å². The Hall–Kier alpha value is -5.18. The number of allylic oxidation sites excluding steroid dienone is 1. The molecule has 53 heavy (non-hydrogen) atoms. The molecule has 0 aliphatic carbocycles. The Bertz CT molecular complexity index is 1990. The molecule has 5 aromatic rings. The summed E-state index contributed by atoms with van der Waals surface area (Å²) < 4.78 is 32.9. The second kappa shape index (κ2) is 18.0. The molecular weight excluding hydrogens is 689 g/mol.